The predicted octanol–water partition coefficient (Wildman–Crippen LogP) is 4.93. The highest BCUT2D eigenvalue weighted by molar-refractivity contribution is 5.83. The van der Waals surface area contributed by atoms with Crippen LogP contribution in [-0.4, -0.2) is 23.0 Å². The van der Waals surface area contributed by atoms with Crippen molar-refractivity contribution in [3.05, 3.63) is 95.6 Å². The average Bonchev–Trinajstić information content (AvgIpc) is 2.82. The molecule has 33 heavy (non-hydrogen) atoms. The van der Waals surface area contributed by atoms with E-state index in [1.54, 1.807) is 0 Å². The van der Waals surface area contributed by atoms with Crippen molar-refractivity contribution in [1.29, 1.82) is 0 Å². The molecule has 2 N–H and O–H groups in total. The fourth-order valence-corrected chi connectivity index (χ4v) is 3.36. The normalized spacial score (nSPS) is 12.4. The quantitative estimate of drug-likeness (QED) is 0.435. The molecule has 3 aromatic rings. The van der Waals surface area contributed by atoms with E-state index in [0.717, 1.165) is 16.7 Å². The molecule has 0 aliphatic carbocycles. The van der Waals surface area contributed by atoms with Gasteiger partial charge in [-0.2, -0.15) is 0 Å². The van der Waals surface area contributed by atoms with Gasteiger partial charge in [0.2, 0.25) is 5.91 Å². The van der Waals surface area contributed by atoms with Gasteiger partial charge in [0.05, 0.1) is 0 Å². The fourth-order valence-electron chi connectivity index (χ4n) is 3.36. The predicted molar refractivity (Wildman–Crippen MR) is 126 cm³/mol. The second-order valence-corrected chi connectivity index (χ2v) is 7.98. The average molecular weight is 448 g/mol. The summed E-state index contributed by atoms with van der Waals surface area (Å²) in [4.78, 5) is 23.3. The van der Waals surface area contributed by atoms with E-state index in [-0.39, 0.29) is 18.2 Å². The number of hydrogen-bond acceptors (Lipinski definition) is 4. The molecule has 3 aromatic carbocycles. The number of ether oxygens (including phenoxy) is 2. The van der Waals surface area contributed by atoms with Gasteiger partial charge in [-0.1, -0.05) is 73.7 Å². The zero-order valence-corrected chi connectivity index (χ0v) is 18.9. The molecule has 172 valence electrons. The van der Waals surface area contributed by atoms with Crippen LogP contribution in [0.5, 0.6) is 11.5 Å². The minimum Gasteiger partial charge on any atom is -0.489 e. The monoisotopic (exact) mass is 447 g/mol. The Kier molecular flexibility index (Phi) is 8.47. The maximum atomic E-state index is 12.3. The maximum Gasteiger partial charge on any atom is 0.325 e. The highest BCUT2D eigenvalue weighted by Gasteiger charge is 2.20. The van der Waals surface area contributed by atoms with Gasteiger partial charge >= 0.3 is 5.97 Å². The third-order valence-corrected chi connectivity index (χ3v) is 5.24. The summed E-state index contributed by atoms with van der Waals surface area (Å²) < 4.78 is 12.1. The molecule has 0 radical (unpaired) electrons. The molecule has 3 rings (SSSR count). The highest BCUT2D eigenvalue weighted by atomic mass is 16.5. The van der Waals surface area contributed by atoms with Crippen LogP contribution in [0.25, 0.3) is 0 Å². The van der Waals surface area contributed by atoms with Crippen LogP contribution in [0.4, 0.5) is 0 Å². The summed E-state index contributed by atoms with van der Waals surface area (Å²) in [5.41, 5.74) is 2.95. The smallest absolute Gasteiger partial charge is 0.325 e. The maximum absolute atomic E-state index is 12.3. The van der Waals surface area contributed by atoms with Gasteiger partial charge in [0.1, 0.15) is 30.8 Å². The molecule has 0 spiro atoms. The summed E-state index contributed by atoms with van der Waals surface area (Å²) >= 11 is 0. The molecule has 0 saturated carbocycles. The lowest BCUT2D eigenvalue weighted by Crippen LogP contribution is -2.38. The minimum atomic E-state index is -1.07. The van der Waals surface area contributed by atoms with E-state index >= 15 is 0 Å². The van der Waals surface area contributed by atoms with E-state index in [4.69, 9.17) is 14.6 Å². The molecule has 1 amide bonds. The van der Waals surface area contributed by atoms with Crippen molar-refractivity contribution >= 4 is 11.9 Å². The van der Waals surface area contributed by atoms with Crippen molar-refractivity contribution in [1.82, 2.24) is 5.32 Å². The third-order valence-electron chi connectivity index (χ3n) is 5.24. The molecule has 0 aliphatic rings. The number of benzene rings is 3. The summed E-state index contributed by atoms with van der Waals surface area (Å²) in [6, 6.07) is 24.4. The number of aliphatic carboxylic acids is 1. The number of carboxylic acid groups (broad SMARTS) is 1. The summed E-state index contributed by atoms with van der Waals surface area (Å²) in [7, 11) is 0. The molecule has 0 fully saturated rings. The van der Waals surface area contributed by atoms with Crippen molar-refractivity contribution in [2.24, 2.45) is 0 Å². The number of nitrogens with one attached hydrogen (secondary N) is 1. The first-order valence-corrected chi connectivity index (χ1v) is 10.9. The van der Waals surface area contributed by atoms with Gasteiger partial charge in [0, 0.05) is 12.5 Å². The Morgan fingerprint density at radius 1 is 0.848 bits per heavy atom. The topological polar surface area (TPSA) is 84.9 Å². The number of rotatable bonds is 11. The van der Waals surface area contributed by atoms with Crippen LogP contribution >= 0.6 is 0 Å². The lowest BCUT2D eigenvalue weighted by molar-refractivity contribution is -0.141. The number of amides is 1. The summed E-state index contributed by atoms with van der Waals surface area (Å²) in [5, 5.41) is 11.5. The van der Waals surface area contributed by atoms with Crippen molar-refractivity contribution in [3.8, 4) is 11.5 Å². The highest BCUT2D eigenvalue weighted by Crippen LogP contribution is 2.33. The molecule has 6 heteroatoms. The summed E-state index contributed by atoms with van der Waals surface area (Å²) in [5.74, 6) is -0.267. The van der Waals surface area contributed by atoms with Gasteiger partial charge in [-0.3, -0.25) is 9.59 Å². The van der Waals surface area contributed by atoms with Crippen molar-refractivity contribution in [3.63, 3.8) is 0 Å². The lowest BCUT2D eigenvalue weighted by Gasteiger charge is -2.19. The molecule has 0 heterocycles. The van der Waals surface area contributed by atoms with Crippen LogP contribution in [0.15, 0.2) is 78.9 Å². The largest absolute Gasteiger partial charge is 0.489 e. The Morgan fingerprint density at radius 2 is 1.42 bits per heavy atom. The molecule has 0 aromatic heterocycles. The zero-order chi connectivity index (χ0) is 23.6. The van der Waals surface area contributed by atoms with Crippen LogP contribution in [0.2, 0.25) is 0 Å². The Bertz CT molecular complexity index is 1050. The number of hydrogen-bond donors (Lipinski definition) is 2. The first kappa shape index (κ1) is 23.9. The molecule has 6 nitrogen and oxygen atoms in total. The van der Waals surface area contributed by atoms with E-state index in [2.05, 4.69) is 5.32 Å². The van der Waals surface area contributed by atoms with Gasteiger partial charge in [-0.15, -0.1) is 0 Å². The fraction of sp³-hybridized carbons (Fsp3) is 0.259. The van der Waals surface area contributed by atoms with Gasteiger partial charge in [0.25, 0.3) is 0 Å². The van der Waals surface area contributed by atoms with Crippen LogP contribution in [-0.2, 0) is 22.8 Å². The van der Waals surface area contributed by atoms with E-state index in [0.29, 0.717) is 24.7 Å². The molecule has 1 unspecified atom stereocenters. The second-order valence-electron chi connectivity index (χ2n) is 7.98. The van der Waals surface area contributed by atoms with Gasteiger partial charge in [0.15, 0.2) is 0 Å². The van der Waals surface area contributed by atoms with E-state index < -0.39 is 12.0 Å². The molecule has 2 atom stereocenters. The SMILES string of the molecule is CC(CC(=O)N[C@@H](C)C(=O)O)c1ccc(OCc2ccccc2)cc1OCc1ccccc1. The molecular formula is C27H29NO5. The van der Waals surface area contributed by atoms with Crippen LogP contribution in [0.3, 0.4) is 0 Å². The Hall–Kier alpha value is -3.80. The van der Waals surface area contributed by atoms with Crippen LogP contribution < -0.4 is 14.8 Å². The van der Waals surface area contributed by atoms with Crippen LogP contribution in [0.1, 0.15) is 42.9 Å². The van der Waals surface area contributed by atoms with Crippen molar-refractivity contribution in [2.75, 3.05) is 0 Å². The second kappa shape index (κ2) is 11.7. The zero-order valence-electron chi connectivity index (χ0n) is 18.9. The Labute approximate surface area is 194 Å². The Morgan fingerprint density at radius 3 is 2.00 bits per heavy atom. The van der Waals surface area contributed by atoms with Crippen molar-refractivity contribution < 1.29 is 24.2 Å². The van der Waals surface area contributed by atoms with Gasteiger partial charge in [-0.25, -0.2) is 0 Å². The Balaban J connectivity index is 1.75. The first-order valence-electron chi connectivity index (χ1n) is 10.9. The number of carbonyl (C=O) groups excluding carboxylic acids is 1. The van der Waals surface area contributed by atoms with Gasteiger partial charge in [-0.05, 0) is 35.6 Å². The lowest BCUT2D eigenvalue weighted by atomic mass is 9.96. The molecular weight excluding hydrogens is 418 g/mol. The van der Waals surface area contributed by atoms with E-state index in [9.17, 15) is 9.59 Å². The molecule has 0 saturated heterocycles. The third kappa shape index (κ3) is 7.38. The number of carbonyl (C=O) groups is 2. The molecule has 0 bridgehead atoms. The van der Waals surface area contributed by atoms with E-state index in [1.807, 2.05) is 85.8 Å². The van der Waals surface area contributed by atoms with Gasteiger partial charge < -0.3 is 19.9 Å². The first-order chi connectivity index (χ1) is 15.9. The summed E-state index contributed by atoms with van der Waals surface area (Å²) in [6.45, 7) is 4.17. The standard InChI is InChI=1S/C27H29NO5/c1-19(15-26(29)28-20(2)27(30)31)24-14-13-23(32-17-21-9-5-3-6-10-21)16-25(24)33-18-22-11-7-4-8-12-22/h3-14,16,19-20H,15,17-18H2,1-2H3,(H,28,29)(H,30,31)/t19?,20-/m0/s1. The minimum absolute atomic E-state index is 0.142. The molecule has 0 aliphatic heterocycles. The van der Waals surface area contributed by atoms with Crippen molar-refractivity contribution in [2.45, 2.75) is 45.4 Å². The van der Waals surface area contributed by atoms with Crippen LogP contribution in [0, 0.1) is 0 Å². The summed E-state index contributed by atoms with van der Waals surface area (Å²) in [6.07, 6.45) is 0.142. The number of carboxylic acids is 1. The van der Waals surface area contributed by atoms with E-state index in [1.165, 1.54) is 6.92 Å².